The first-order valence-corrected chi connectivity index (χ1v) is 11.1. The van der Waals surface area contributed by atoms with Crippen LogP contribution in [0.15, 0.2) is 53.7 Å². The van der Waals surface area contributed by atoms with Gasteiger partial charge in [-0.2, -0.15) is 0 Å². The van der Waals surface area contributed by atoms with Crippen molar-refractivity contribution in [3.8, 4) is 0 Å². The van der Waals surface area contributed by atoms with Crippen LogP contribution in [0, 0.1) is 12.7 Å². The van der Waals surface area contributed by atoms with E-state index in [0.29, 0.717) is 5.56 Å². The van der Waals surface area contributed by atoms with Crippen LogP contribution in [0.3, 0.4) is 0 Å². The van der Waals surface area contributed by atoms with E-state index < -0.39 is 33.5 Å². The lowest BCUT2D eigenvalue weighted by atomic mass is 10.0. The molecule has 3 aromatic rings. The molecule has 31 heavy (non-hydrogen) atoms. The summed E-state index contributed by atoms with van der Waals surface area (Å²) in [6.45, 7) is 1.95. The number of hydrogen-bond acceptors (Lipinski definition) is 5. The highest BCUT2D eigenvalue weighted by Gasteiger charge is 2.32. The molecule has 2 N–H and O–H groups in total. The molecule has 2 heterocycles. The van der Waals surface area contributed by atoms with E-state index in [4.69, 9.17) is 5.73 Å². The summed E-state index contributed by atoms with van der Waals surface area (Å²) in [5.74, 6) is -1.89. The third-order valence-electron chi connectivity index (χ3n) is 5.19. The number of guanidine groups is 1. The van der Waals surface area contributed by atoms with Gasteiger partial charge in [-0.15, -0.1) is 0 Å². The van der Waals surface area contributed by atoms with E-state index in [1.165, 1.54) is 25.3 Å². The second-order valence-corrected chi connectivity index (χ2v) is 9.49. The fraction of sp³-hybridized carbons (Fsp3) is 0.182. The van der Waals surface area contributed by atoms with Gasteiger partial charge < -0.3 is 5.73 Å². The van der Waals surface area contributed by atoms with Crippen LogP contribution in [0.5, 0.6) is 0 Å². The van der Waals surface area contributed by atoms with Crippen molar-refractivity contribution in [3.63, 3.8) is 0 Å². The summed E-state index contributed by atoms with van der Waals surface area (Å²) in [5, 5.41) is 1.75. The minimum absolute atomic E-state index is 0.0308. The first kappa shape index (κ1) is 20.9. The molecule has 160 valence electrons. The van der Waals surface area contributed by atoms with Crippen molar-refractivity contribution in [3.05, 3.63) is 76.9 Å². The van der Waals surface area contributed by atoms with Crippen molar-refractivity contribution >= 4 is 38.7 Å². The van der Waals surface area contributed by atoms with Crippen molar-refractivity contribution in [2.24, 2.45) is 10.7 Å². The Bertz CT molecular complexity index is 1350. The predicted molar refractivity (Wildman–Crippen MR) is 118 cm³/mol. The fourth-order valence-electron chi connectivity index (χ4n) is 3.41. The van der Waals surface area contributed by atoms with E-state index in [1.54, 1.807) is 12.3 Å². The zero-order valence-corrected chi connectivity index (χ0v) is 17.7. The summed E-state index contributed by atoms with van der Waals surface area (Å²) in [7, 11) is -2.43. The number of hydrogen-bond donors (Lipinski definition) is 1. The van der Waals surface area contributed by atoms with Gasteiger partial charge in [0.2, 0.25) is 16.0 Å². The summed E-state index contributed by atoms with van der Waals surface area (Å²) < 4.78 is 54.7. The van der Waals surface area contributed by atoms with Crippen LogP contribution < -0.4 is 5.73 Å². The second-order valence-electron chi connectivity index (χ2n) is 7.44. The van der Waals surface area contributed by atoms with Crippen molar-refractivity contribution in [2.45, 2.75) is 13.0 Å². The average molecular weight is 442 g/mol. The summed E-state index contributed by atoms with van der Waals surface area (Å²) in [4.78, 5) is 8.24. The molecule has 1 aliphatic heterocycles. The first-order chi connectivity index (χ1) is 14.6. The Morgan fingerprint density at radius 1 is 1.19 bits per heavy atom. The number of halogens is 2. The summed E-state index contributed by atoms with van der Waals surface area (Å²) in [5.41, 5.74) is 7.25. The number of pyridine rings is 1. The number of aryl methyl sites for hydroxylation is 1. The highest BCUT2D eigenvalue weighted by atomic mass is 32.2. The molecule has 0 bridgehead atoms. The number of aromatic nitrogens is 1. The fourth-order valence-corrected chi connectivity index (χ4v) is 4.62. The number of nitrogens with two attached hydrogens (primary N) is 1. The monoisotopic (exact) mass is 442 g/mol. The Balaban J connectivity index is 1.71. The molecule has 1 atom stereocenters. The van der Waals surface area contributed by atoms with Gasteiger partial charge in [0.15, 0.2) is 0 Å². The van der Waals surface area contributed by atoms with Crippen LogP contribution in [0.2, 0.25) is 0 Å². The minimum Gasteiger partial charge on any atom is -0.369 e. The Hall–Kier alpha value is -3.33. The van der Waals surface area contributed by atoms with Crippen molar-refractivity contribution in [1.82, 2.24) is 9.29 Å². The van der Waals surface area contributed by atoms with E-state index in [2.05, 4.69) is 9.98 Å². The molecule has 0 amide bonds. The zero-order valence-electron chi connectivity index (χ0n) is 16.9. The van der Waals surface area contributed by atoms with Crippen molar-refractivity contribution in [2.75, 3.05) is 12.8 Å². The maximum Gasteiger partial charge on any atom is 0.239 e. The maximum absolute atomic E-state index is 14.9. The largest absolute Gasteiger partial charge is 0.369 e. The summed E-state index contributed by atoms with van der Waals surface area (Å²) in [6, 6.07) is 10.4. The van der Waals surface area contributed by atoms with Crippen LogP contribution in [0.25, 0.3) is 22.7 Å². The SMILES string of the molecule is Cc1ccc2cnc(/C(F)=C/c3ccc(F)c(C4CS(=O)(=O)N(C)C(N)=N4)c3)cc2c1. The van der Waals surface area contributed by atoms with Gasteiger partial charge in [-0.1, -0.05) is 29.8 Å². The zero-order chi connectivity index (χ0) is 22.3. The molecule has 0 aliphatic carbocycles. The molecule has 0 radical (unpaired) electrons. The lowest BCUT2D eigenvalue weighted by Crippen LogP contribution is -2.45. The van der Waals surface area contributed by atoms with Gasteiger partial charge in [0.05, 0.1) is 17.5 Å². The molecule has 1 unspecified atom stereocenters. The third-order valence-corrected chi connectivity index (χ3v) is 6.95. The molecule has 4 rings (SSSR count). The van der Waals surface area contributed by atoms with Crippen LogP contribution >= 0.6 is 0 Å². The Morgan fingerprint density at radius 2 is 1.97 bits per heavy atom. The van der Waals surface area contributed by atoms with Crippen molar-refractivity contribution in [1.29, 1.82) is 0 Å². The Morgan fingerprint density at radius 3 is 2.71 bits per heavy atom. The molecular weight excluding hydrogens is 422 g/mol. The molecular formula is C22H20F2N4O2S. The number of aliphatic imine (C=N–C) groups is 1. The topological polar surface area (TPSA) is 88.7 Å². The third kappa shape index (κ3) is 4.13. The van der Waals surface area contributed by atoms with Crippen LogP contribution in [-0.4, -0.2) is 36.5 Å². The van der Waals surface area contributed by atoms with E-state index in [-0.39, 0.29) is 17.2 Å². The second kappa shape index (κ2) is 7.73. The lowest BCUT2D eigenvalue weighted by molar-refractivity contribution is 0.525. The van der Waals surface area contributed by atoms with Crippen LogP contribution in [0.4, 0.5) is 8.78 Å². The van der Waals surface area contributed by atoms with Gasteiger partial charge >= 0.3 is 0 Å². The highest BCUT2D eigenvalue weighted by molar-refractivity contribution is 7.89. The van der Waals surface area contributed by atoms with E-state index in [1.807, 2.05) is 25.1 Å². The normalized spacial score (nSPS) is 18.8. The molecule has 0 fully saturated rings. The molecule has 6 nitrogen and oxygen atoms in total. The number of fused-ring (bicyclic) bond motifs is 1. The first-order valence-electron chi connectivity index (χ1n) is 9.47. The highest BCUT2D eigenvalue weighted by Crippen LogP contribution is 2.29. The van der Waals surface area contributed by atoms with Gasteiger partial charge in [-0.25, -0.2) is 26.5 Å². The van der Waals surface area contributed by atoms with Crippen molar-refractivity contribution < 1.29 is 17.2 Å². The molecule has 2 aromatic carbocycles. The number of nitrogens with zero attached hydrogens (tertiary/aromatic N) is 3. The van der Waals surface area contributed by atoms with Gasteiger partial charge in [0.25, 0.3) is 0 Å². The van der Waals surface area contributed by atoms with Gasteiger partial charge in [-0.3, -0.25) is 4.98 Å². The lowest BCUT2D eigenvalue weighted by Gasteiger charge is -2.27. The molecule has 0 saturated carbocycles. The summed E-state index contributed by atoms with van der Waals surface area (Å²) >= 11 is 0. The average Bonchev–Trinajstić information content (AvgIpc) is 2.72. The van der Waals surface area contributed by atoms with Gasteiger partial charge in [0, 0.05) is 24.2 Å². The summed E-state index contributed by atoms with van der Waals surface area (Å²) in [6.07, 6.45) is 2.82. The molecule has 0 saturated heterocycles. The van der Waals surface area contributed by atoms with E-state index >= 15 is 0 Å². The Kier molecular flexibility index (Phi) is 5.22. The maximum atomic E-state index is 14.9. The standard InChI is InChI=1S/C22H20F2N4O2S/c1-13-3-5-15-11-26-20(10-16(15)7-13)19(24)9-14-4-6-18(23)17(8-14)21-12-31(29,30)28(2)22(25)27-21/h3-11,21H,12H2,1-2H3,(H2,25,27)/b19-9-. The Labute approximate surface area is 178 Å². The van der Waals surface area contributed by atoms with E-state index in [9.17, 15) is 17.2 Å². The van der Waals surface area contributed by atoms with Crippen LogP contribution in [-0.2, 0) is 10.0 Å². The molecule has 0 spiro atoms. The molecule has 1 aromatic heterocycles. The van der Waals surface area contributed by atoms with Gasteiger partial charge in [0.1, 0.15) is 11.6 Å². The number of sulfonamides is 1. The minimum atomic E-state index is -3.72. The quantitative estimate of drug-likeness (QED) is 0.669. The number of benzene rings is 2. The predicted octanol–water partition coefficient (Wildman–Crippen LogP) is 3.78. The van der Waals surface area contributed by atoms with Gasteiger partial charge in [-0.05, 0) is 42.1 Å². The number of rotatable bonds is 3. The molecule has 9 heteroatoms. The smallest absolute Gasteiger partial charge is 0.239 e. The van der Waals surface area contributed by atoms with E-state index in [0.717, 1.165) is 26.7 Å². The van der Waals surface area contributed by atoms with Crippen LogP contribution in [0.1, 0.15) is 28.4 Å². The molecule has 1 aliphatic rings.